The number of thiocarbonyl (C=S) groups is 1. The molecule has 0 spiro atoms. The van der Waals surface area contributed by atoms with Crippen LogP contribution in [0.4, 0.5) is 5.69 Å². The van der Waals surface area contributed by atoms with Crippen LogP contribution in [0.25, 0.3) is 0 Å². The number of benzene rings is 2. The predicted molar refractivity (Wildman–Crippen MR) is 99.6 cm³/mol. The van der Waals surface area contributed by atoms with Gasteiger partial charge in [0.15, 0.2) is 10.9 Å². The molecule has 0 radical (unpaired) electrons. The van der Waals surface area contributed by atoms with Crippen molar-refractivity contribution in [3.05, 3.63) is 84.3 Å². The Morgan fingerprint density at radius 1 is 1.04 bits per heavy atom. The molecule has 0 aliphatic rings. The molecule has 0 unspecified atom stereocenters. The summed E-state index contributed by atoms with van der Waals surface area (Å²) in [5.74, 6) is 0.497. The summed E-state index contributed by atoms with van der Waals surface area (Å²) in [6.45, 7) is 0.476. The van der Waals surface area contributed by atoms with Gasteiger partial charge in [-0.25, -0.2) is 0 Å². The highest BCUT2D eigenvalue weighted by atomic mass is 32.1. The molecule has 0 bridgehead atoms. The second kappa shape index (κ2) is 8.12. The van der Waals surface area contributed by atoms with E-state index in [4.69, 9.17) is 21.4 Å². The first-order chi connectivity index (χ1) is 12.2. The van der Waals surface area contributed by atoms with E-state index in [1.165, 1.54) is 6.26 Å². The highest BCUT2D eigenvalue weighted by molar-refractivity contribution is 7.80. The smallest absolute Gasteiger partial charge is 0.293 e. The Kier molecular flexibility index (Phi) is 5.43. The molecular formula is C19H16N2O3S. The first-order valence-corrected chi connectivity index (χ1v) is 8.04. The third-order valence-electron chi connectivity index (χ3n) is 3.31. The fourth-order valence-electron chi connectivity index (χ4n) is 2.14. The third-order valence-corrected chi connectivity index (χ3v) is 3.52. The van der Waals surface area contributed by atoms with Gasteiger partial charge in [0.25, 0.3) is 5.91 Å². The van der Waals surface area contributed by atoms with Gasteiger partial charge in [-0.2, -0.15) is 0 Å². The average Bonchev–Trinajstić information content (AvgIpc) is 3.16. The highest BCUT2D eigenvalue weighted by Gasteiger charge is 2.10. The summed E-state index contributed by atoms with van der Waals surface area (Å²) >= 11 is 5.15. The Morgan fingerprint density at radius 3 is 2.64 bits per heavy atom. The van der Waals surface area contributed by atoms with Crippen LogP contribution in [0.5, 0.6) is 5.75 Å². The molecular weight excluding hydrogens is 336 g/mol. The summed E-state index contributed by atoms with van der Waals surface area (Å²) in [5.41, 5.74) is 1.80. The largest absolute Gasteiger partial charge is 0.489 e. The summed E-state index contributed by atoms with van der Waals surface area (Å²) in [4.78, 5) is 11.9. The van der Waals surface area contributed by atoms with E-state index >= 15 is 0 Å². The van der Waals surface area contributed by atoms with Crippen molar-refractivity contribution in [1.82, 2.24) is 5.32 Å². The lowest BCUT2D eigenvalue weighted by molar-refractivity contribution is 0.0950. The molecule has 0 saturated carbocycles. The van der Waals surface area contributed by atoms with Crippen molar-refractivity contribution in [1.29, 1.82) is 0 Å². The van der Waals surface area contributed by atoms with Gasteiger partial charge in [-0.15, -0.1) is 0 Å². The van der Waals surface area contributed by atoms with Crippen LogP contribution in [-0.4, -0.2) is 11.0 Å². The predicted octanol–water partition coefficient (Wildman–Crippen LogP) is 3.99. The molecule has 0 fully saturated rings. The van der Waals surface area contributed by atoms with Crippen molar-refractivity contribution in [2.75, 3.05) is 5.32 Å². The number of carbonyl (C=O) groups excluding carboxylic acids is 1. The number of hydrogen-bond acceptors (Lipinski definition) is 4. The van der Waals surface area contributed by atoms with Crippen LogP contribution >= 0.6 is 12.2 Å². The Morgan fingerprint density at radius 2 is 1.88 bits per heavy atom. The van der Waals surface area contributed by atoms with Crippen LogP contribution in [0, 0.1) is 0 Å². The molecule has 3 aromatic rings. The number of amides is 1. The highest BCUT2D eigenvalue weighted by Crippen LogP contribution is 2.18. The van der Waals surface area contributed by atoms with Crippen LogP contribution < -0.4 is 15.4 Å². The number of rotatable bonds is 5. The van der Waals surface area contributed by atoms with Gasteiger partial charge in [0.2, 0.25) is 0 Å². The topological polar surface area (TPSA) is 63.5 Å². The average molecular weight is 352 g/mol. The molecule has 126 valence electrons. The van der Waals surface area contributed by atoms with Gasteiger partial charge in [0.1, 0.15) is 12.4 Å². The molecule has 0 atom stereocenters. The number of hydrogen-bond donors (Lipinski definition) is 2. The first-order valence-electron chi connectivity index (χ1n) is 7.63. The molecule has 6 heteroatoms. The van der Waals surface area contributed by atoms with Gasteiger partial charge >= 0.3 is 0 Å². The Labute approximate surface area is 150 Å². The van der Waals surface area contributed by atoms with Gasteiger partial charge in [0.05, 0.1) is 6.26 Å². The van der Waals surface area contributed by atoms with Crippen LogP contribution in [0.3, 0.4) is 0 Å². The summed E-state index contributed by atoms with van der Waals surface area (Å²) in [6, 6.07) is 20.5. The number of furan rings is 1. The quantitative estimate of drug-likeness (QED) is 0.680. The minimum atomic E-state index is -0.404. The normalized spacial score (nSPS) is 10.1. The van der Waals surface area contributed by atoms with Crippen molar-refractivity contribution in [2.45, 2.75) is 6.61 Å². The number of anilines is 1. The second-order valence-electron chi connectivity index (χ2n) is 5.19. The van der Waals surface area contributed by atoms with E-state index in [9.17, 15) is 4.79 Å². The standard InChI is InChI=1S/C19H16N2O3S/c22-18(17-10-5-11-23-17)21-19(25)20-15-8-4-9-16(12-15)24-13-14-6-2-1-3-7-14/h1-12H,13H2,(H2,20,21,22,25). The zero-order valence-electron chi connectivity index (χ0n) is 13.3. The maximum atomic E-state index is 11.9. The van der Waals surface area contributed by atoms with Gasteiger partial charge in [-0.05, 0) is 42.0 Å². The van der Waals surface area contributed by atoms with E-state index in [2.05, 4.69) is 10.6 Å². The molecule has 1 amide bonds. The van der Waals surface area contributed by atoms with Crippen molar-refractivity contribution >= 4 is 28.9 Å². The van der Waals surface area contributed by atoms with Crippen LogP contribution in [0.15, 0.2) is 77.4 Å². The van der Waals surface area contributed by atoms with Gasteiger partial charge in [-0.1, -0.05) is 36.4 Å². The summed E-state index contributed by atoms with van der Waals surface area (Å²) in [7, 11) is 0. The fraction of sp³-hybridized carbons (Fsp3) is 0.0526. The molecule has 2 aromatic carbocycles. The lowest BCUT2D eigenvalue weighted by Crippen LogP contribution is -2.33. The molecule has 2 N–H and O–H groups in total. The summed E-state index contributed by atoms with van der Waals surface area (Å²) in [6.07, 6.45) is 1.43. The summed E-state index contributed by atoms with van der Waals surface area (Å²) in [5, 5.41) is 5.69. The zero-order chi connectivity index (χ0) is 17.5. The minimum absolute atomic E-state index is 0.182. The van der Waals surface area contributed by atoms with Crippen LogP contribution in [0.1, 0.15) is 16.1 Å². The Hall–Kier alpha value is -3.12. The third kappa shape index (κ3) is 4.92. The lowest BCUT2D eigenvalue weighted by atomic mass is 10.2. The molecule has 0 aliphatic heterocycles. The SMILES string of the molecule is O=C(NC(=S)Nc1cccc(OCc2ccccc2)c1)c1ccco1. The Balaban J connectivity index is 1.56. The van der Waals surface area contributed by atoms with Crippen molar-refractivity contribution in [2.24, 2.45) is 0 Å². The maximum absolute atomic E-state index is 11.9. The molecule has 0 aliphatic carbocycles. The van der Waals surface area contributed by atoms with Gasteiger partial charge < -0.3 is 14.5 Å². The van der Waals surface area contributed by atoms with Crippen molar-refractivity contribution < 1.29 is 13.9 Å². The van der Waals surface area contributed by atoms with Crippen LogP contribution in [-0.2, 0) is 6.61 Å². The molecule has 3 rings (SSSR count). The van der Waals surface area contributed by atoms with Gasteiger partial charge in [-0.3, -0.25) is 10.1 Å². The second-order valence-corrected chi connectivity index (χ2v) is 5.60. The monoisotopic (exact) mass is 352 g/mol. The van der Waals surface area contributed by atoms with E-state index in [0.717, 1.165) is 11.3 Å². The Bertz CT molecular complexity index is 848. The minimum Gasteiger partial charge on any atom is -0.489 e. The van der Waals surface area contributed by atoms with E-state index < -0.39 is 5.91 Å². The first kappa shape index (κ1) is 16.7. The van der Waals surface area contributed by atoms with Crippen molar-refractivity contribution in [3.63, 3.8) is 0 Å². The van der Waals surface area contributed by atoms with E-state index in [-0.39, 0.29) is 10.9 Å². The number of nitrogens with one attached hydrogen (secondary N) is 2. The van der Waals surface area contributed by atoms with Gasteiger partial charge in [0, 0.05) is 11.8 Å². The maximum Gasteiger partial charge on any atom is 0.293 e. The fourth-order valence-corrected chi connectivity index (χ4v) is 2.35. The lowest BCUT2D eigenvalue weighted by Gasteiger charge is -2.11. The molecule has 1 heterocycles. The number of ether oxygens (including phenoxy) is 1. The van der Waals surface area contributed by atoms with E-state index in [0.29, 0.717) is 12.4 Å². The van der Waals surface area contributed by atoms with E-state index in [1.54, 1.807) is 12.1 Å². The van der Waals surface area contributed by atoms with Crippen LogP contribution in [0.2, 0.25) is 0 Å². The molecule has 1 aromatic heterocycles. The van der Waals surface area contributed by atoms with Crippen molar-refractivity contribution in [3.8, 4) is 5.75 Å². The molecule has 0 saturated heterocycles. The number of carbonyl (C=O) groups is 1. The molecule has 25 heavy (non-hydrogen) atoms. The zero-order valence-corrected chi connectivity index (χ0v) is 14.1. The molecule has 5 nitrogen and oxygen atoms in total. The van der Waals surface area contributed by atoms with E-state index in [1.807, 2.05) is 54.6 Å². The summed E-state index contributed by atoms with van der Waals surface area (Å²) < 4.78 is 10.8.